The SMILES string of the molecule is COc1cccc(C(=O)N2[C@@H]3CC[C@@H]2CC(O)(c2cccnc2F)C3)c1. The Labute approximate surface area is 151 Å². The number of halogens is 1. The lowest BCUT2D eigenvalue weighted by Gasteiger charge is -2.44. The number of pyridine rings is 1. The molecule has 2 aliphatic heterocycles. The highest BCUT2D eigenvalue weighted by Crippen LogP contribution is 2.46. The number of amides is 1. The van der Waals surface area contributed by atoms with Gasteiger partial charge in [-0.1, -0.05) is 12.1 Å². The summed E-state index contributed by atoms with van der Waals surface area (Å²) < 4.78 is 19.3. The van der Waals surface area contributed by atoms with Crippen molar-refractivity contribution in [2.24, 2.45) is 0 Å². The van der Waals surface area contributed by atoms with Gasteiger partial charge in [-0.2, -0.15) is 4.39 Å². The molecule has 0 unspecified atom stereocenters. The molecule has 1 aromatic heterocycles. The second-order valence-electron chi connectivity index (χ2n) is 7.11. The van der Waals surface area contributed by atoms with E-state index in [-0.39, 0.29) is 23.6 Å². The lowest BCUT2D eigenvalue weighted by Crippen LogP contribution is -2.52. The summed E-state index contributed by atoms with van der Waals surface area (Å²) in [6.45, 7) is 0. The molecule has 0 spiro atoms. The smallest absolute Gasteiger partial charge is 0.254 e. The predicted octanol–water partition coefficient (Wildman–Crippen LogP) is 2.88. The van der Waals surface area contributed by atoms with Gasteiger partial charge in [-0.3, -0.25) is 4.79 Å². The topological polar surface area (TPSA) is 62.7 Å². The molecule has 1 amide bonds. The zero-order chi connectivity index (χ0) is 18.3. The zero-order valence-corrected chi connectivity index (χ0v) is 14.6. The normalized spacial score (nSPS) is 27.4. The van der Waals surface area contributed by atoms with E-state index in [0.717, 1.165) is 12.8 Å². The molecule has 26 heavy (non-hydrogen) atoms. The van der Waals surface area contributed by atoms with Crippen molar-refractivity contribution in [2.75, 3.05) is 7.11 Å². The summed E-state index contributed by atoms with van der Waals surface area (Å²) in [7, 11) is 1.57. The van der Waals surface area contributed by atoms with Crippen LogP contribution in [0.5, 0.6) is 5.75 Å². The first kappa shape index (κ1) is 17.0. The highest BCUT2D eigenvalue weighted by molar-refractivity contribution is 5.95. The van der Waals surface area contributed by atoms with Crippen LogP contribution in [-0.2, 0) is 5.60 Å². The molecular weight excluding hydrogens is 335 g/mol. The third kappa shape index (κ3) is 2.74. The van der Waals surface area contributed by atoms with Gasteiger partial charge in [0.2, 0.25) is 5.95 Å². The minimum absolute atomic E-state index is 0.0647. The summed E-state index contributed by atoms with van der Waals surface area (Å²) in [5, 5.41) is 11.1. The minimum Gasteiger partial charge on any atom is -0.497 e. The molecule has 6 heteroatoms. The molecule has 5 nitrogen and oxygen atoms in total. The fourth-order valence-corrected chi connectivity index (χ4v) is 4.41. The number of carbonyl (C=O) groups is 1. The Morgan fingerprint density at radius 1 is 1.27 bits per heavy atom. The number of aliphatic hydroxyl groups is 1. The van der Waals surface area contributed by atoms with E-state index in [1.807, 2.05) is 4.90 Å². The van der Waals surface area contributed by atoms with Crippen molar-refractivity contribution in [1.82, 2.24) is 9.88 Å². The van der Waals surface area contributed by atoms with Gasteiger partial charge >= 0.3 is 0 Å². The maximum Gasteiger partial charge on any atom is 0.254 e. The van der Waals surface area contributed by atoms with Gasteiger partial charge in [0.05, 0.1) is 12.7 Å². The van der Waals surface area contributed by atoms with E-state index in [9.17, 15) is 14.3 Å². The molecule has 2 fully saturated rings. The molecule has 0 aliphatic carbocycles. The van der Waals surface area contributed by atoms with Gasteiger partial charge in [0.15, 0.2) is 0 Å². The van der Waals surface area contributed by atoms with Crippen LogP contribution in [0.2, 0.25) is 0 Å². The number of rotatable bonds is 3. The minimum atomic E-state index is -1.28. The van der Waals surface area contributed by atoms with Gasteiger partial charge in [-0.15, -0.1) is 0 Å². The van der Waals surface area contributed by atoms with Gasteiger partial charge in [0.25, 0.3) is 5.91 Å². The lowest BCUT2D eigenvalue weighted by molar-refractivity contribution is -0.0504. The first-order valence-corrected chi connectivity index (χ1v) is 8.82. The van der Waals surface area contributed by atoms with Crippen molar-refractivity contribution in [2.45, 2.75) is 43.4 Å². The van der Waals surface area contributed by atoms with Gasteiger partial charge < -0.3 is 14.7 Å². The van der Waals surface area contributed by atoms with Crippen LogP contribution < -0.4 is 4.74 Å². The largest absolute Gasteiger partial charge is 0.497 e. The molecule has 2 saturated heterocycles. The van der Waals surface area contributed by atoms with Crippen molar-refractivity contribution >= 4 is 5.91 Å². The summed E-state index contributed by atoms with van der Waals surface area (Å²) in [4.78, 5) is 18.6. The summed E-state index contributed by atoms with van der Waals surface area (Å²) in [6.07, 6.45) is 3.64. The fraction of sp³-hybridized carbons (Fsp3) is 0.400. The molecule has 1 N–H and O–H groups in total. The molecule has 0 saturated carbocycles. The quantitative estimate of drug-likeness (QED) is 0.859. The molecule has 0 radical (unpaired) electrons. The Hall–Kier alpha value is -2.47. The fourth-order valence-electron chi connectivity index (χ4n) is 4.41. The second kappa shape index (κ2) is 6.36. The van der Waals surface area contributed by atoms with E-state index in [0.29, 0.717) is 24.2 Å². The number of piperidine rings is 1. The van der Waals surface area contributed by atoms with Crippen molar-refractivity contribution in [3.63, 3.8) is 0 Å². The van der Waals surface area contributed by atoms with Crippen LogP contribution in [0.1, 0.15) is 41.6 Å². The highest BCUT2D eigenvalue weighted by atomic mass is 19.1. The number of ether oxygens (including phenoxy) is 1. The summed E-state index contributed by atoms with van der Waals surface area (Å²) in [5.74, 6) is -0.0683. The van der Waals surface area contributed by atoms with Crippen molar-refractivity contribution < 1.29 is 19.0 Å². The average Bonchev–Trinajstić information content (AvgIpc) is 2.93. The standard InChI is InChI=1S/C20H21FN2O3/c1-26-16-5-2-4-13(10-16)19(24)23-14-7-8-15(23)12-20(25,11-14)17-6-3-9-22-18(17)21/h2-6,9-10,14-15,25H,7-8,11-12H2,1H3/t14-,15-/m1/s1. The molecule has 2 aromatic rings. The number of aromatic nitrogens is 1. The highest BCUT2D eigenvalue weighted by Gasteiger charge is 2.51. The van der Waals surface area contributed by atoms with Gasteiger partial charge in [0, 0.05) is 42.2 Å². The van der Waals surface area contributed by atoms with Crippen molar-refractivity contribution in [1.29, 1.82) is 0 Å². The van der Waals surface area contributed by atoms with Crippen LogP contribution in [0.25, 0.3) is 0 Å². The van der Waals surface area contributed by atoms with Gasteiger partial charge in [-0.25, -0.2) is 4.98 Å². The molecule has 1 aromatic carbocycles. The molecule has 2 atom stereocenters. The number of fused-ring (bicyclic) bond motifs is 2. The third-order valence-corrected chi connectivity index (χ3v) is 5.58. The molecule has 3 heterocycles. The average molecular weight is 356 g/mol. The van der Waals surface area contributed by atoms with E-state index in [4.69, 9.17) is 4.74 Å². The monoisotopic (exact) mass is 356 g/mol. The molecule has 136 valence electrons. The summed E-state index contributed by atoms with van der Waals surface area (Å²) in [5.41, 5.74) is -0.486. The molecule has 2 bridgehead atoms. The van der Waals surface area contributed by atoms with Crippen LogP contribution in [0.3, 0.4) is 0 Å². The first-order chi connectivity index (χ1) is 12.5. The lowest BCUT2D eigenvalue weighted by atomic mass is 9.80. The van der Waals surface area contributed by atoms with E-state index < -0.39 is 11.5 Å². The Kier molecular flexibility index (Phi) is 4.15. The van der Waals surface area contributed by atoms with Crippen LogP contribution in [0, 0.1) is 5.95 Å². The number of carbonyl (C=O) groups excluding carboxylic acids is 1. The Morgan fingerprint density at radius 3 is 2.65 bits per heavy atom. The molecule has 4 rings (SSSR count). The number of nitrogens with zero attached hydrogens (tertiary/aromatic N) is 2. The number of benzene rings is 1. The van der Waals surface area contributed by atoms with Crippen LogP contribution in [0.15, 0.2) is 42.6 Å². The molecule has 2 aliphatic rings. The van der Waals surface area contributed by atoms with Crippen LogP contribution in [-0.4, -0.2) is 40.1 Å². The Balaban J connectivity index is 1.61. The van der Waals surface area contributed by atoms with Crippen LogP contribution in [0.4, 0.5) is 4.39 Å². The first-order valence-electron chi connectivity index (χ1n) is 8.82. The van der Waals surface area contributed by atoms with Gasteiger partial charge in [-0.05, 0) is 37.1 Å². The van der Waals surface area contributed by atoms with E-state index in [1.165, 1.54) is 6.20 Å². The van der Waals surface area contributed by atoms with Crippen molar-refractivity contribution in [3.8, 4) is 5.75 Å². The van der Waals surface area contributed by atoms with E-state index in [1.54, 1.807) is 43.5 Å². The Bertz CT molecular complexity index is 827. The van der Waals surface area contributed by atoms with Crippen LogP contribution >= 0.6 is 0 Å². The van der Waals surface area contributed by atoms with Gasteiger partial charge in [0.1, 0.15) is 5.75 Å². The summed E-state index contributed by atoms with van der Waals surface area (Å²) in [6, 6.07) is 10.1. The number of methoxy groups -OCH3 is 1. The zero-order valence-electron chi connectivity index (χ0n) is 14.6. The van der Waals surface area contributed by atoms with E-state index in [2.05, 4.69) is 4.98 Å². The maximum atomic E-state index is 14.1. The van der Waals surface area contributed by atoms with E-state index >= 15 is 0 Å². The second-order valence-corrected chi connectivity index (χ2v) is 7.11. The predicted molar refractivity (Wildman–Crippen MR) is 93.3 cm³/mol. The molecular formula is C20H21FN2O3. The number of hydrogen-bond acceptors (Lipinski definition) is 4. The maximum absolute atomic E-state index is 14.1. The summed E-state index contributed by atoms with van der Waals surface area (Å²) >= 11 is 0. The van der Waals surface area contributed by atoms with Crippen molar-refractivity contribution in [3.05, 3.63) is 59.7 Å². The Morgan fingerprint density at radius 2 is 2.00 bits per heavy atom. The third-order valence-electron chi connectivity index (χ3n) is 5.58. The number of hydrogen-bond donors (Lipinski definition) is 1.